The molecule has 1 N–H and O–H groups in total. The van der Waals surface area contributed by atoms with Gasteiger partial charge in [-0.25, -0.2) is 4.98 Å². The van der Waals surface area contributed by atoms with Gasteiger partial charge in [0.15, 0.2) is 0 Å². The van der Waals surface area contributed by atoms with Gasteiger partial charge < -0.3 is 10.0 Å². The molecular weight excluding hydrogens is 296 g/mol. The van der Waals surface area contributed by atoms with Crippen LogP contribution in [-0.4, -0.2) is 40.1 Å². The van der Waals surface area contributed by atoms with E-state index in [9.17, 15) is 9.90 Å². The number of thiazole rings is 1. The van der Waals surface area contributed by atoms with Crippen LogP contribution < -0.4 is 0 Å². The first-order valence-electron chi connectivity index (χ1n) is 7.56. The van der Waals surface area contributed by atoms with Gasteiger partial charge in [-0.2, -0.15) is 0 Å². The Hall–Kier alpha value is -1.72. The Balaban J connectivity index is 1.83. The predicted octanol–water partition coefficient (Wildman–Crippen LogP) is 2.96. The van der Waals surface area contributed by atoms with Crippen LogP contribution in [0.25, 0.3) is 10.6 Å². The molecule has 1 aliphatic rings. The van der Waals surface area contributed by atoms with Gasteiger partial charge in [-0.3, -0.25) is 4.79 Å². The van der Waals surface area contributed by atoms with E-state index in [4.69, 9.17) is 0 Å². The topological polar surface area (TPSA) is 53.4 Å². The van der Waals surface area contributed by atoms with Crippen LogP contribution in [0.2, 0.25) is 0 Å². The molecule has 22 heavy (non-hydrogen) atoms. The van der Waals surface area contributed by atoms with Crippen LogP contribution in [0.1, 0.15) is 28.7 Å². The number of carbonyl (C=O) groups excluding carboxylic acids is 1. The van der Waals surface area contributed by atoms with Crippen LogP contribution in [0.15, 0.2) is 30.3 Å². The van der Waals surface area contributed by atoms with Gasteiger partial charge in [0.25, 0.3) is 5.91 Å². The van der Waals surface area contributed by atoms with Crippen molar-refractivity contribution in [1.82, 2.24) is 9.88 Å². The van der Waals surface area contributed by atoms with Crippen LogP contribution >= 0.6 is 11.3 Å². The standard InChI is InChI=1S/C17H20N2O2S/c1-11-8-9-19(10-14(11)20)17(21)15-12(2)18-16(22-15)13-6-4-3-5-7-13/h3-7,11,14,20H,8-10H2,1-2H3. The lowest BCUT2D eigenvalue weighted by Gasteiger charge is -2.34. The second kappa shape index (κ2) is 6.18. The lowest BCUT2D eigenvalue weighted by atomic mass is 9.96. The van der Waals surface area contributed by atoms with Gasteiger partial charge in [0, 0.05) is 18.7 Å². The molecule has 116 valence electrons. The summed E-state index contributed by atoms with van der Waals surface area (Å²) in [6.45, 7) is 5.02. The highest BCUT2D eigenvalue weighted by Gasteiger charge is 2.29. The van der Waals surface area contributed by atoms with Gasteiger partial charge in [-0.05, 0) is 19.3 Å². The fraction of sp³-hybridized carbons (Fsp3) is 0.412. The summed E-state index contributed by atoms with van der Waals surface area (Å²) in [6.07, 6.45) is 0.413. The molecule has 0 saturated carbocycles. The quantitative estimate of drug-likeness (QED) is 0.927. The number of aliphatic hydroxyl groups is 1. The zero-order valence-electron chi connectivity index (χ0n) is 12.8. The molecule has 1 saturated heterocycles. The minimum Gasteiger partial charge on any atom is -0.391 e. The van der Waals surface area contributed by atoms with Crippen molar-refractivity contribution in [1.29, 1.82) is 0 Å². The maximum atomic E-state index is 12.7. The largest absolute Gasteiger partial charge is 0.391 e. The van der Waals surface area contributed by atoms with Crippen molar-refractivity contribution in [2.75, 3.05) is 13.1 Å². The number of carbonyl (C=O) groups is 1. The molecule has 2 aromatic rings. The van der Waals surface area contributed by atoms with Gasteiger partial charge in [-0.1, -0.05) is 37.3 Å². The fourth-order valence-electron chi connectivity index (χ4n) is 2.68. The monoisotopic (exact) mass is 316 g/mol. The third kappa shape index (κ3) is 2.91. The summed E-state index contributed by atoms with van der Waals surface area (Å²) in [6, 6.07) is 9.90. The van der Waals surface area contributed by atoms with E-state index in [0.717, 1.165) is 22.7 Å². The number of piperidine rings is 1. The first-order chi connectivity index (χ1) is 10.6. The van der Waals surface area contributed by atoms with Crippen LogP contribution in [0, 0.1) is 12.8 Å². The number of likely N-dealkylation sites (tertiary alicyclic amines) is 1. The summed E-state index contributed by atoms with van der Waals surface area (Å²) < 4.78 is 0. The van der Waals surface area contributed by atoms with Crippen molar-refractivity contribution < 1.29 is 9.90 Å². The van der Waals surface area contributed by atoms with Crippen LogP contribution in [-0.2, 0) is 0 Å². The summed E-state index contributed by atoms with van der Waals surface area (Å²) in [7, 11) is 0. The Morgan fingerprint density at radius 3 is 2.77 bits per heavy atom. The number of β-amino-alcohol motifs (C(OH)–C–C–N with tert-alkyl or cyclic N) is 1. The average Bonchev–Trinajstić information content (AvgIpc) is 2.92. The number of amides is 1. The molecule has 1 aromatic heterocycles. The van der Waals surface area contributed by atoms with E-state index in [-0.39, 0.29) is 11.8 Å². The molecular formula is C17H20N2O2S. The van der Waals surface area contributed by atoms with Crippen molar-refractivity contribution >= 4 is 17.2 Å². The smallest absolute Gasteiger partial charge is 0.265 e. The van der Waals surface area contributed by atoms with Gasteiger partial charge in [0.2, 0.25) is 0 Å². The molecule has 5 heteroatoms. The highest BCUT2D eigenvalue weighted by Crippen LogP contribution is 2.29. The highest BCUT2D eigenvalue weighted by atomic mass is 32.1. The third-order valence-corrected chi connectivity index (χ3v) is 5.41. The Bertz CT molecular complexity index is 669. The second-order valence-electron chi connectivity index (χ2n) is 5.88. The average molecular weight is 316 g/mol. The molecule has 4 nitrogen and oxygen atoms in total. The van der Waals surface area contributed by atoms with Crippen molar-refractivity contribution in [3.63, 3.8) is 0 Å². The SMILES string of the molecule is Cc1nc(-c2ccccc2)sc1C(=O)N1CCC(C)C(O)C1. The molecule has 0 bridgehead atoms. The zero-order chi connectivity index (χ0) is 15.7. The Labute approximate surface area is 134 Å². The molecule has 2 heterocycles. The van der Waals surface area contributed by atoms with Crippen molar-refractivity contribution in [3.8, 4) is 10.6 Å². The summed E-state index contributed by atoms with van der Waals surface area (Å²) in [5.41, 5.74) is 1.80. The van der Waals surface area contributed by atoms with Crippen molar-refractivity contribution in [2.45, 2.75) is 26.4 Å². The summed E-state index contributed by atoms with van der Waals surface area (Å²) in [5.74, 6) is 0.245. The van der Waals surface area contributed by atoms with E-state index in [0.29, 0.717) is 18.0 Å². The van der Waals surface area contributed by atoms with Gasteiger partial charge in [-0.15, -0.1) is 11.3 Å². The fourth-order valence-corrected chi connectivity index (χ4v) is 3.72. The Kier molecular flexibility index (Phi) is 4.27. The summed E-state index contributed by atoms with van der Waals surface area (Å²) in [5, 5.41) is 10.9. The van der Waals surface area contributed by atoms with E-state index >= 15 is 0 Å². The van der Waals surface area contributed by atoms with Crippen LogP contribution in [0.5, 0.6) is 0 Å². The van der Waals surface area contributed by atoms with Crippen molar-refractivity contribution in [3.05, 3.63) is 40.9 Å². The maximum Gasteiger partial charge on any atom is 0.265 e. The number of aliphatic hydroxyl groups excluding tert-OH is 1. The van der Waals surface area contributed by atoms with Crippen LogP contribution in [0.3, 0.4) is 0 Å². The molecule has 0 spiro atoms. The Morgan fingerprint density at radius 2 is 2.09 bits per heavy atom. The summed E-state index contributed by atoms with van der Waals surface area (Å²) in [4.78, 5) is 19.7. The molecule has 1 aliphatic heterocycles. The highest BCUT2D eigenvalue weighted by molar-refractivity contribution is 7.17. The van der Waals surface area contributed by atoms with Crippen LogP contribution in [0.4, 0.5) is 0 Å². The number of aromatic nitrogens is 1. The first kappa shape index (κ1) is 15.2. The zero-order valence-corrected chi connectivity index (χ0v) is 13.6. The lowest BCUT2D eigenvalue weighted by Crippen LogP contribution is -2.45. The van der Waals surface area contributed by atoms with Gasteiger partial charge >= 0.3 is 0 Å². The molecule has 1 fully saturated rings. The number of nitrogens with zero attached hydrogens (tertiary/aromatic N) is 2. The molecule has 3 rings (SSSR count). The molecule has 2 atom stereocenters. The number of rotatable bonds is 2. The number of hydrogen-bond acceptors (Lipinski definition) is 4. The molecule has 0 radical (unpaired) electrons. The van der Waals surface area contributed by atoms with Crippen molar-refractivity contribution in [2.24, 2.45) is 5.92 Å². The molecule has 1 aromatic carbocycles. The predicted molar refractivity (Wildman–Crippen MR) is 88.0 cm³/mol. The number of hydrogen-bond donors (Lipinski definition) is 1. The molecule has 2 unspecified atom stereocenters. The van der Waals surface area contributed by atoms with E-state index in [1.165, 1.54) is 11.3 Å². The first-order valence-corrected chi connectivity index (χ1v) is 8.38. The second-order valence-corrected chi connectivity index (χ2v) is 6.88. The normalized spacial score (nSPS) is 21.9. The van der Waals surface area contributed by atoms with E-state index in [2.05, 4.69) is 4.98 Å². The minimum atomic E-state index is -0.431. The van der Waals surface area contributed by atoms with E-state index in [1.54, 1.807) is 4.90 Å². The molecule has 1 amide bonds. The summed E-state index contributed by atoms with van der Waals surface area (Å²) >= 11 is 1.43. The number of aryl methyl sites for hydroxylation is 1. The Morgan fingerprint density at radius 1 is 1.36 bits per heavy atom. The van der Waals surface area contributed by atoms with Gasteiger partial charge in [0.05, 0.1) is 11.8 Å². The minimum absolute atomic E-state index is 0.0110. The number of benzene rings is 1. The van der Waals surface area contributed by atoms with E-state index < -0.39 is 6.10 Å². The maximum absolute atomic E-state index is 12.7. The lowest BCUT2D eigenvalue weighted by molar-refractivity contribution is 0.0251. The third-order valence-electron chi connectivity index (χ3n) is 4.22. The van der Waals surface area contributed by atoms with Gasteiger partial charge in [0.1, 0.15) is 9.88 Å². The van der Waals surface area contributed by atoms with E-state index in [1.807, 2.05) is 44.2 Å². The molecule has 0 aliphatic carbocycles.